The summed E-state index contributed by atoms with van der Waals surface area (Å²) in [7, 11) is 0. The number of nitrogens with zero attached hydrogens (tertiary/aromatic N) is 3. The lowest BCUT2D eigenvalue weighted by Gasteiger charge is -2.26. The topological polar surface area (TPSA) is 67.7 Å². The standard InChI is InChI=1S/C18H17F3N4O/c1-10(2)18(24-22)25-5-3-4-11(8-25)17-16(23-9-26-17)13-6-12(19)7-14(20)15(13)21/h3-4,6-10H,5,22H2,1-2H3/b24-18-. The number of hydrazone groups is 1. The van der Waals surface area contributed by atoms with Crippen molar-refractivity contribution >= 4 is 11.4 Å². The van der Waals surface area contributed by atoms with E-state index in [1.807, 2.05) is 24.8 Å². The van der Waals surface area contributed by atoms with Gasteiger partial charge in [0.1, 0.15) is 17.3 Å². The molecular formula is C18H17F3N4O. The number of nitrogens with two attached hydrogens (primary N) is 1. The van der Waals surface area contributed by atoms with E-state index in [1.54, 1.807) is 12.3 Å². The van der Waals surface area contributed by atoms with Gasteiger partial charge >= 0.3 is 0 Å². The molecule has 0 saturated carbocycles. The minimum Gasteiger partial charge on any atom is -0.443 e. The molecule has 3 rings (SSSR count). The highest BCUT2D eigenvalue weighted by atomic mass is 19.2. The van der Waals surface area contributed by atoms with Crippen molar-refractivity contribution in [1.29, 1.82) is 0 Å². The first-order chi connectivity index (χ1) is 12.4. The molecule has 0 unspecified atom stereocenters. The average Bonchev–Trinajstić information content (AvgIpc) is 3.08. The summed E-state index contributed by atoms with van der Waals surface area (Å²) in [5.74, 6) is 3.00. The molecule has 1 aliphatic heterocycles. The van der Waals surface area contributed by atoms with Gasteiger partial charge in [0.25, 0.3) is 0 Å². The van der Waals surface area contributed by atoms with Crippen LogP contribution in [0.25, 0.3) is 16.8 Å². The zero-order chi connectivity index (χ0) is 18.8. The quantitative estimate of drug-likeness (QED) is 0.296. The van der Waals surface area contributed by atoms with Crippen LogP contribution >= 0.6 is 0 Å². The Kier molecular flexibility index (Phi) is 4.83. The maximum atomic E-state index is 14.2. The lowest BCUT2D eigenvalue weighted by atomic mass is 10.0. The van der Waals surface area contributed by atoms with Gasteiger partial charge in [-0.3, -0.25) is 0 Å². The van der Waals surface area contributed by atoms with E-state index >= 15 is 0 Å². The summed E-state index contributed by atoms with van der Waals surface area (Å²) in [5.41, 5.74) is 0.248. The number of rotatable bonds is 3. The molecule has 1 aliphatic rings. The Balaban J connectivity index is 2.06. The van der Waals surface area contributed by atoms with E-state index in [4.69, 9.17) is 10.3 Å². The largest absolute Gasteiger partial charge is 0.443 e. The molecule has 1 aromatic heterocycles. The lowest BCUT2D eigenvalue weighted by molar-refractivity contribution is 0.497. The van der Waals surface area contributed by atoms with Crippen molar-refractivity contribution in [2.45, 2.75) is 13.8 Å². The van der Waals surface area contributed by atoms with E-state index in [2.05, 4.69) is 10.1 Å². The number of hydrogen-bond donors (Lipinski definition) is 1. The Morgan fingerprint density at radius 2 is 2.08 bits per heavy atom. The molecule has 0 bridgehead atoms. The molecule has 0 amide bonds. The van der Waals surface area contributed by atoms with E-state index in [0.29, 0.717) is 24.0 Å². The molecule has 0 atom stereocenters. The molecule has 26 heavy (non-hydrogen) atoms. The average molecular weight is 362 g/mol. The van der Waals surface area contributed by atoms with Gasteiger partial charge in [-0.1, -0.05) is 26.0 Å². The highest BCUT2D eigenvalue weighted by molar-refractivity contribution is 5.89. The number of aromatic nitrogens is 1. The summed E-state index contributed by atoms with van der Waals surface area (Å²) in [6.07, 6.45) is 6.42. The number of halogens is 3. The molecule has 2 N–H and O–H groups in total. The van der Waals surface area contributed by atoms with Gasteiger partial charge in [0.15, 0.2) is 23.8 Å². The summed E-state index contributed by atoms with van der Waals surface area (Å²) >= 11 is 0. The summed E-state index contributed by atoms with van der Waals surface area (Å²) in [4.78, 5) is 5.76. The lowest BCUT2D eigenvalue weighted by Crippen LogP contribution is -2.32. The first kappa shape index (κ1) is 17.8. The monoisotopic (exact) mass is 362 g/mol. The molecule has 0 aliphatic carbocycles. The summed E-state index contributed by atoms with van der Waals surface area (Å²) < 4.78 is 46.6. The van der Waals surface area contributed by atoms with Crippen LogP contribution in [0.15, 0.2) is 46.4 Å². The Morgan fingerprint density at radius 3 is 2.77 bits per heavy atom. The van der Waals surface area contributed by atoms with Crippen LogP contribution in [-0.4, -0.2) is 22.3 Å². The molecule has 2 aromatic rings. The second-order valence-corrected chi connectivity index (χ2v) is 6.06. The first-order valence-corrected chi connectivity index (χ1v) is 7.94. The van der Waals surface area contributed by atoms with Gasteiger partial charge in [-0.15, -0.1) is 0 Å². The van der Waals surface area contributed by atoms with Gasteiger partial charge in [0, 0.05) is 35.9 Å². The van der Waals surface area contributed by atoms with Crippen molar-refractivity contribution in [1.82, 2.24) is 9.88 Å². The van der Waals surface area contributed by atoms with Gasteiger partial charge in [-0.25, -0.2) is 18.2 Å². The highest BCUT2D eigenvalue weighted by Gasteiger charge is 2.23. The minimum absolute atomic E-state index is 0.00874. The molecule has 5 nitrogen and oxygen atoms in total. The summed E-state index contributed by atoms with van der Waals surface area (Å²) in [6.45, 7) is 4.44. The number of amidine groups is 1. The second-order valence-electron chi connectivity index (χ2n) is 6.06. The number of oxazole rings is 1. The van der Waals surface area contributed by atoms with Crippen molar-refractivity contribution < 1.29 is 17.6 Å². The summed E-state index contributed by atoms with van der Waals surface area (Å²) in [5, 5.41) is 3.80. The number of allylic oxidation sites excluding steroid dienone is 2. The van der Waals surface area contributed by atoms with Crippen LogP contribution in [0, 0.1) is 23.4 Å². The van der Waals surface area contributed by atoms with Crippen molar-refractivity contribution in [2.75, 3.05) is 6.54 Å². The molecule has 8 heteroatoms. The third kappa shape index (κ3) is 3.22. The van der Waals surface area contributed by atoms with Gasteiger partial charge in [0.2, 0.25) is 0 Å². The fourth-order valence-corrected chi connectivity index (χ4v) is 2.78. The molecule has 0 fully saturated rings. The molecule has 136 valence electrons. The first-order valence-electron chi connectivity index (χ1n) is 7.94. The van der Waals surface area contributed by atoms with Gasteiger partial charge in [-0.05, 0) is 6.07 Å². The van der Waals surface area contributed by atoms with Crippen molar-refractivity contribution in [3.05, 3.63) is 60.1 Å². The Labute approximate surface area is 148 Å². The predicted molar refractivity (Wildman–Crippen MR) is 92.1 cm³/mol. The molecule has 2 heterocycles. The fourth-order valence-electron chi connectivity index (χ4n) is 2.78. The van der Waals surface area contributed by atoms with E-state index < -0.39 is 17.5 Å². The minimum atomic E-state index is -1.29. The van der Waals surface area contributed by atoms with Gasteiger partial charge < -0.3 is 15.2 Å². The van der Waals surface area contributed by atoms with Crippen LogP contribution in [0.3, 0.4) is 0 Å². The number of benzene rings is 1. The van der Waals surface area contributed by atoms with Crippen molar-refractivity contribution in [2.24, 2.45) is 16.9 Å². The van der Waals surface area contributed by atoms with Crippen LogP contribution in [0.2, 0.25) is 0 Å². The fraction of sp³-hybridized carbons (Fsp3) is 0.222. The maximum absolute atomic E-state index is 14.2. The predicted octanol–water partition coefficient (Wildman–Crippen LogP) is 3.90. The van der Waals surface area contributed by atoms with Crippen molar-refractivity contribution in [3.63, 3.8) is 0 Å². The van der Waals surface area contributed by atoms with Crippen LogP contribution in [0.1, 0.15) is 19.6 Å². The normalized spacial score (nSPS) is 14.9. The smallest absolute Gasteiger partial charge is 0.182 e. The molecule has 1 aromatic carbocycles. The molecule has 0 spiro atoms. The van der Waals surface area contributed by atoms with Gasteiger partial charge in [-0.2, -0.15) is 5.10 Å². The molecule has 0 saturated heterocycles. The van der Waals surface area contributed by atoms with Crippen LogP contribution in [-0.2, 0) is 0 Å². The molecular weight excluding hydrogens is 345 g/mol. The van der Waals surface area contributed by atoms with Crippen LogP contribution < -0.4 is 5.84 Å². The van der Waals surface area contributed by atoms with E-state index in [-0.39, 0.29) is 22.9 Å². The maximum Gasteiger partial charge on any atom is 0.182 e. The van der Waals surface area contributed by atoms with E-state index in [9.17, 15) is 13.2 Å². The Morgan fingerprint density at radius 1 is 1.31 bits per heavy atom. The number of hydrogen-bond acceptors (Lipinski definition) is 4. The van der Waals surface area contributed by atoms with E-state index in [0.717, 1.165) is 12.5 Å². The highest BCUT2D eigenvalue weighted by Crippen LogP contribution is 2.33. The van der Waals surface area contributed by atoms with Gasteiger partial charge in [0.05, 0.1) is 0 Å². The zero-order valence-corrected chi connectivity index (χ0v) is 14.2. The zero-order valence-electron chi connectivity index (χ0n) is 14.2. The third-order valence-corrected chi connectivity index (χ3v) is 3.92. The molecule has 0 radical (unpaired) electrons. The van der Waals surface area contributed by atoms with Crippen LogP contribution in [0.5, 0.6) is 0 Å². The van der Waals surface area contributed by atoms with E-state index in [1.165, 1.54) is 0 Å². The summed E-state index contributed by atoms with van der Waals surface area (Å²) in [6, 6.07) is 1.36. The third-order valence-electron chi connectivity index (χ3n) is 3.92. The Bertz CT molecular complexity index is 915. The SMILES string of the molecule is CC(C)/C(=N/N)N1C=C(c2ocnc2-c2cc(F)cc(F)c2F)C=CC1. The second kappa shape index (κ2) is 7.07. The Hall–Kier alpha value is -3.03. The van der Waals surface area contributed by atoms with Crippen molar-refractivity contribution in [3.8, 4) is 11.3 Å². The van der Waals surface area contributed by atoms with Crippen LogP contribution in [0.4, 0.5) is 13.2 Å².